The molecule has 0 atom stereocenters. The van der Waals surface area contributed by atoms with Crippen LogP contribution in [0, 0.1) is 25.5 Å². The highest BCUT2D eigenvalue weighted by atomic mass is 19.1. The second-order valence-corrected chi connectivity index (χ2v) is 4.51. The molecule has 5 nitrogen and oxygen atoms in total. The van der Waals surface area contributed by atoms with Gasteiger partial charge in [0.15, 0.2) is 0 Å². The van der Waals surface area contributed by atoms with Gasteiger partial charge in [0.1, 0.15) is 18.2 Å². The standard InChI is InChI=1S/C14H14F2N4O/c1-9-6-10(2)20(19-9)8-14(21)18-17-7-11-12(15)4-3-5-13(11)16/h3-7H,8H2,1-2H3,(H,18,21)/b17-7+. The van der Waals surface area contributed by atoms with Crippen LogP contribution in [0.1, 0.15) is 17.0 Å². The average molecular weight is 292 g/mol. The Bertz CT molecular complexity index is 674. The lowest BCUT2D eigenvalue weighted by Crippen LogP contribution is -2.24. The molecule has 21 heavy (non-hydrogen) atoms. The molecule has 0 aliphatic carbocycles. The Hall–Kier alpha value is -2.57. The van der Waals surface area contributed by atoms with Crippen LogP contribution in [0.5, 0.6) is 0 Å². The average Bonchev–Trinajstić information content (AvgIpc) is 2.71. The molecule has 2 aromatic rings. The maximum Gasteiger partial charge on any atom is 0.261 e. The number of hydrogen-bond donors (Lipinski definition) is 1. The number of rotatable bonds is 4. The summed E-state index contributed by atoms with van der Waals surface area (Å²) in [5.74, 6) is -1.92. The highest BCUT2D eigenvalue weighted by Crippen LogP contribution is 2.08. The van der Waals surface area contributed by atoms with Crippen LogP contribution in [0.4, 0.5) is 8.78 Å². The number of amides is 1. The largest absolute Gasteiger partial charge is 0.271 e. The minimum absolute atomic E-state index is 0.0171. The van der Waals surface area contributed by atoms with E-state index in [-0.39, 0.29) is 12.1 Å². The third kappa shape index (κ3) is 3.71. The number of carbonyl (C=O) groups is 1. The fourth-order valence-electron chi connectivity index (χ4n) is 1.81. The zero-order valence-electron chi connectivity index (χ0n) is 11.6. The number of hydrazone groups is 1. The molecule has 0 unspecified atom stereocenters. The van der Waals surface area contributed by atoms with Crippen molar-refractivity contribution in [1.29, 1.82) is 0 Å². The molecule has 0 radical (unpaired) electrons. The third-order valence-corrected chi connectivity index (χ3v) is 2.78. The van der Waals surface area contributed by atoms with Crippen molar-refractivity contribution in [3.8, 4) is 0 Å². The first-order valence-electron chi connectivity index (χ1n) is 6.24. The van der Waals surface area contributed by atoms with Crippen molar-refractivity contribution < 1.29 is 13.6 Å². The molecule has 1 heterocycles. The van der Waals surface area contributed by atoms with Crippen LogP contribution in [0.15, 0.2) is 29.4 Å². The quantitative estimate of drug-likeness (QED) is 0.691. The van der Waals surface area contributed by atoms with Crippen LogP contribution >= 0.6 is 0 Å². The second-order valence-electron chi connectivity index (χ2n) is 4.51. The Labute approximate surface area is 120 Å². The van der Waals surface area contributed by atoms with E-state index in [1.165, 1.54) is 10.7 Å². The van der Waals surface area contributed by atoms with E-state index in [1.54, 1.807) is 0 Å². The van der Waals surface area contributed by atoms with Gasteiger partial charge in [-0.15, -0.1) is 0 Å². The van der Waals surface area contributed by atoms with E-state index >= 15 is 0 Å². The predicted molar refractivity (Wildman–Crippen MR) is 73.8 cm³/mol. The molecular weight excluding hydrogens is 278 g/mol. The molecule has 1 aromatic heterocycles. The van der Waals surface area contributed by atoms with Crippen LogP contribution in [0.2, 0.25) is 0 Å². The van der Waals surface area contributed by atoms with E-state index in [1.807, 2.05) is 19.9 Å². The Morgan fingerprint density at radius 3 is 2.62 bits per heavy atom. The van der Waals surface area contributed by atoms with E-state index in [0.29, 0.717) is 0 Å². The number of nitrogens with zero attached hydrogens (tertiary/aromatic N) is 3. The molecule has 0 saturated carbocycles. The topological polar surface area (TPSA) is 59.3 Å². The van der Waals surface area contributed by atoms with Gasteiger partial charge in [-0.1, -0.05) is 6.07 Å². The summed E-state index contributed by atoms with van der Waals surface area (Å²) in [6.45, 7) is 3.63. The van der Waals surface area contributed by atoms with Crippen LogP contribution in [0.25, 0.3) is 0 Å². The molecule has 1 N–H and O–H groups in total. The van der Waals surface area contributed by atoms with Crippen molar-refractivity contribution in [2.45, 2.75) is 20.4 Å². The smallest absolute Gasteiger partial charge is 0.261 e. The number of aromatic nitrogens is 2. The maximum absolute atomic E-state index is 13.3. The van der Waals surface area contributed by atoms with Gasteiger partial charge < -0.3 is 0 Å². The normalized spacial score (nSPS) is 11.0. The SMILES string of the molecule is Cc1cc(C)n(CC(=O)N/N=C/c2c(F)cccc2F)n1. The Kier molecular flexibility index (Phi) is 4.42. The summed E-state index contributed by atoms with van der Waals surface area (Å²) in [4.78, 5) is 11.7. The van der Waals surface area contributed by atoms with Gasteiger partial charge in [-0.2, -0.15) is 10.2 Å². The van der Waals surface area contributed by atoms with E-state index in [2.05, 4.69) is 15.6 Å². The van der Waals surface area contributed by atoms with Crippen LogP contribution in [0.3, 0.4) is 0 Å². The molecule has 2 rings (SSSR count). The molecule has 0 spiro atoms. The van der Waals surface area contributed by atoms with E-state index < -0.39 is 17.5 Å². The number of benzene rings is 1. The first-order chi connectivity index (χ1) is 9.97. The molecule has 1 aromatic carbocycles. The Balaban J connectivity index is 1.98. The summed E-state index contributed by atoms with van der Waals surface area (Å²) in [5, 5.41) is 7.68. The third-order valence-electron chi connectivity index (χ3n) is 2.78. The van der Waals surface area contributed by atoms with Gasteiger partial charge in [-0.3, -0.25) is 9.48 Å². The van der Waals surface area contributed by atoms with Crippen LogP contribution < -0.4 is 5.43 Å². The summed E-state index contributed by atoms with van der Waals surface area (Å²) in [6, 6.07) is 5.32. The lowest BCUT2D eigenvalue weighted by Gasteiger charge is -2.03. The summed E-state index contributed by atoms with van der Waals surface area (Å²) in [5.41, 5.74) is 3.55. The predicted octanol–water partition coefficient (Wildman–Crippen LogP) is 1.93. The molecule has 7 heteroatoms. The molecule has 0 aliphatic heterocycles. The highest BCUT2D eigenvalue weighted by molar-refractivity contribution is 5.82. The lowest BCUT2D eigenvalue weighted by atomic mass is 10.2. The summed E-state index contributed by atoms with van der Waals surface area (Å²) < 4.78 is 28.2. The van der Waals surface area contributed by atoms with Crippen molar-refractivity contribution in [1.82, 2.24) is 15.2 Å². The van der Waals surface area contributed by atoms with Crippen molar-refractivity contribution in [3.05, 3.63) is 52.9 Å². The van der Waals surface area contributed by atoms with Crippen molar-refractivity contribution in [2.75, 3.05) is 0 Å². The van der Waals surface area contributed by atoms with Gasteiger partial charge >= 0.3 is 0 Å². The highest BCUT2D eigenvalue weighted by Gasteiger charge is 2.07. The number of carbonyl (C=O) groups excluding carboxylic acids is 1. The zero-order chi connectivity index (χ0) is 15.4. The van der Waals surface area contributed by atoms with Gasteiger partial charge in [0.05, 0.1) is 17.5 Å². The second kappa shape index (κ2) is 6.25. The lowest BCUT2D eigenvalue weighted by molar-refractivity contribution is -0.121. The number of nitrogens with one attached hydrogen (secondary N) is 1. The maximum atomic E-state index is 13.3. The molecule has 0 aliphatic rings. The Morgan fingerprint density at radius 2 is 2.05 bits per heavy atom. The van der Waals surface area contributed by atoms with Crippen molar-refractivity contribution in [2.24, 2.45) is 5.10 Å². The van der Waals surface area contributed by atoms with Gasteiger partial charge in [-0.25, -0.2) is 14.2 Å². The summed E-state index contributed by atoms with van der Waals surface area (Å²) in [6.07, 6.45) is 0.934. The summed E-state index contributed by atoms with van der Waals surface area (Å²) in [7, 11) is 0. The Morgan fingerprint density at radius 1 is 1.38 bits per heavy atom. The molecule has 110 valence electrons. The van der Waals surface area contributed by atoms with Gasteiger partial charge in [0.25, 0.3) is 5.91 Å². The van der Waals surface area contributed by atoms with Crippen molar-refractivity contribution in [3.63, 3.8) is 0 Å². The zero-order valence-corrected chi connectivity index (χ0v) is 11.6. The molecule has 1 amide bonds. The van der Waals surface area contributed by atoms with Crippen LogP contribution in [-0.2, 0) is 11.3 Å². The molecule has 0 fully saturated rings. The fraction of sp³-hybridized carbons (Fsp3) is 0.214. The summed E-state index contributed by atoms with van der Waals surface area (Å²) >= 11 is 0. The first kappa shape index (κ1) is 14.8. The van der Waals surface area contributed by atoms with Gasteiger partial charge in [0.2, 0.25) is 0 Å². The minimum Gasteiger partial charge on any atom is -0.271 e. The first-order valence-corrected chi connectivity index (χ1v) is 6.24. The van der Waals surface area contributed by atoms with Crippen LogP contribution in [-0.4, -0.2) is 21.9 Å². The van der Waals surface area contributed by atoms with Gasteiger partial charge in [-0.05, 0) is 32.0 Å². The number of hydrogen-bond acceptors (Lipinski definition) is 3. The van der Waals surface area contributed by atoms with Crippen molar-refractivity contribution >= 4 is 12.1 Å². The van der Waals surface area contributed by atoms with E-state index in [4.69, 9.17) is 0 Å². The van der Waals surface area contributed by atoms with E-state index in [9.17, 15) is 13.6 Å². The monoisotopic (exact) mass is 292 g/mol. The van der Waals surface area contributed by atoms with E-state index in [0.717, 1.165) is 29.7 Å². The molecule has 0 bridgehead atoms. The molecule has 0 saturated heterocycles. The number of halogens is 2. The minimum atomic E-state index is -0.744. The molecular formula is C14H14F2N4O. The fourth-order valence-corrected chi connectivity index (χ4v) is 1.81. The number of aryl methyl sites for hydroxylation is 2. The van der Waals surface area contributed by atoms with Gasteiger partial charge in [0, 0.05) is 5.69 Å².